The maximum atomic E-state index is 9.84. The molecular formula is C11H18Cl2N2O. The molecule has 1 rings (SSSR count). The molecule has 0 saturated heterocycles. The number of halogens is 2. The second kappa shape index (κ2) is 6.30. The van der Waals surface area contributed by atoms with Crippen molar-refractivity contribution in [2.75, 3.05) is 5.73 Å². The van der Waals surface area contributed by atoms with E-state index in [1.807, 2.05) is 13.8 Å². The molecule has 0 bridgehead atoms. The third-order valence-electron chi connectivity index (χ3n) is 2.46. The molecule has 2 atom stereocenters. The first-order valence-corrected chi connectivity index (χ1v) is 5.30. The highest BCUT2D eigenvalue weighted by Crippen LogP contribution is 2.27. The summed E-state index contributed by atoms with van der Waals surface area (Å²) in [5, 5.41) is 10.4. The standard InChI is InChI=1S/C11H17ClN2O.ClH/c1-6(2)11(15)10(14)8-5-7(12)3-4-9(8)13;/h3-6,10-11,15H,13-14H2,1-2H3;1H/t10-,11+;/m0./s1. The van der Waals surface area contributed by atoms with Gasteiger partial charge in [0.2, 0.25) is 0 Å². The smallest absolute Gasteiger partial charge is 0.0756 e. The molecule has 0 heterocycles. The van der Waals surface area contributed by atoms with Gasteiger partial charge >= 0.3 is 0 Å². The largest absolute Gasteiger partial charge is 0.398 e. The Labute approximate surface area is 107 Å². The monoisotopic (exact) mass is 264 g/mol. The van der Waals surface area contributed by atoms with Gasteiger partial charge in [0.15, 0.2) is 0 Å². The minimum atomic E-state index is -0.620. The molecule has 0 fully saturated rings. The van der Waals surface area contributed by atoms with E-state index in [2.05, 4.69) is 0 Å². The SMILES string of the molecule is CC(C)[C@@H](O)[C@@H](N)c1cc(Cl)ccc1N.Cl. The number of hydrogen-bond acceptors (Lipinski definition) is 3. The summed E-state index contributed by atoms with van der Waals surface area (Å²) in [4.78, 5) is 0. The fourth-order valence-corrected chi connectivity index (χ4v) is 1.61. The van der Waals surface area contributed by atoms with Gasteiger partial charge in [-0.1, -0.05) is 25.4 Å². The van der Waals surface area contributed by atoms with Crippen molar-refractivity contribution in [3.63, 3.8) is 0 Å². The number of nitrogen functional groups attached to an aromatic ring is 1. The first kappa shape index (κ1) is 15.5. The molecule has 92 valence electrons. The molecule has 16 heavy (non-hydrogen) atoms. The van der Waals surface area contributed by atoms with E-state index in [-0.39, 0.29) is 18.3 Å². The van der Waals surface area contributed by atoms with E-state index in [0.717, 1.165) is 0 Å². The molecule has 0 aliphatic rings. The van der Waals surface area contributed by atoms with Crippen molar-refractivity contribution in [3.8, 4) is 0 Å². The van der Waals surface area contributed by atoms with Gasteiger partial charge in [-0.2, -0.15) is 0 Å². The quantitative estimate of drug-likeness (QED) is 0.734. The number of benzene rings is 1. The van der Waals surface area contributed by atoms with Crippen molar-refractivity contribution in [3.05, 3.63) is 28.8 Å². The van der Waals surface area contributed by atoms with Crippen LogP contribution >= 0.6 is 24.0 Å². The molecule has 0 spiro atoms. The predicted octanol–water partition coefficient (Wildman–Crippen LogP) is 2.36. The van der Waals surface area contributed by atoms with Crippen molar-refractivity contribution in [1.82, 2.24) is 0 Å². The molecule has 0 amide bonds. The summed E-state index contributed by atoms with van der Waals surface area (Å²) in [6, 6.07) is 4.61. The normalized spacial score (nSPS) is 14.4. The maximum Gasteiger partial charge on any atom is 0.0756 e. The highest BCUT2D eigenvalue weighted by Gasteiger charge is 2.21. The number of aliphatic hydroxyl groups is 1. The third kappa shape index (κ3) is 3.52. The number of anilines is 1. The van der Waals surface area contributed by atoms with Crippen LogP contribution in [0.2, 0.25) is 5.02 Å². The fraction of sp³-hybridized carbons (Fsp3) is 0.455. The summed E-state index contributed by atoms with van der Waals surface area (Å²) >= 11 is 5.85. The molecule has 0 saturated carbocycles. The van der Waals surface area contributed by atoms with Crippen LogP contribution in [0.1, 0.15) is 25.5 Å². The second-order valence-electron chi connectivity index (χ2n) is 4.03. The lowest BCUT2D eigenvalue weighted by atomic mass is 9.93. The Morgan fingerprint density at radius 1 is 1.31 bits per heavy atom. The van der Waals surface area contributed by atoms with Gasteiger partial charge in [0, 0.05) is 10.7 Å². The van der Waals surface area contributed by atoms with E-state index in [1.54, 1.807) is 18.2 Å². The maximum absolute atomic E-state index is 9.84. The van der Waals surface area contributed by atoms with Crippen molar-refractivity contribution >= 4 is 29.7 Å². The summed E-state index contributed by atoms with van der Waals surface area (Å²) in [5.74, 6) is 0.0818. The van der Waals surface area contributed by atoms with E-state index in [9.17, 15) is 5.11 Å². The second-order valence-corrected chi connectivity index (χ2v) is 4.47. The Kier molecular flexibility index (Phi) is 6.11. The van der Waals surface area contributed by atoms with E-state index in [1.165, 1.54) is 0 Å². The predicted molar refractivity (Wildman–Crippen MR) is 70.9 cm³/mol. The molecule has 0 aromatic heterocycles. The van der Waals surface area contributed by atoms with Crippen molar-refractivity contribution in [1.29, 1.82) is 0 Å². The van der Waals surface area contributed by atoms with Crippen LogP contribution in [-0.4, -0.2) is 11.2 Å². The average molecular weight is 265 g/mol. The molecule has 5 heteroatoms. The lowest BCUT2D eigenvalue weighted by Gasteiger charge is -2.23. The Morgan fingerprint density at radius 3 is 2.38 bits per heavy atom. The van der Waals surface area contributed by atoms with Crippen LogP contribution in [0.4, 0.5) is 5.69 Å². The third-order valence-corrected chi connectivity index (χ3v) is 2.69. The van der Waals surface area contributed by atoms with E-state index < -0.39 is 12.1 Å². The minimum Gasteiger partial charge on any atom is -0.398 e. The molecule has 0 radical (unpaired) electrons. The Bertz CT molecular complexity index is 345. The summed E-state index contributed by atoms with van der Waals surface area (Å²) in [6.45, 7) is 3.82. The van der Waals surface area contributed by atoms with Crippen molar-refractivity contribution < 1.29 is 5.11 Å². The number of rotatable bonds is 3. The fourth-order valence-electron chi connectivity index (χ4n) is 1.43. The summed E-state index contributed by atoms with van der Waals surface area (Å²) in [5.41, 5.74) is 13.0. The van der Waals surface area contributed by atoms with Gasteiger partial charge in [-0.3, -0.25) is 0 Å². The van der Waals surface area contributed by atoms with Gasteiger partial charge in [-0.15, -0.1) is 12.4 Å². The van der Waals surface area contributed by atoms with Gasteiger partial charge in [0.1, 0.15) is 0 Å². The first-order valence-electron chi connectivity index (χ1n) is 4.92. The summed E-state index contributed by atoms with van der Waals surface area (Å²) in [7, 11) is 0. The van der Waals surface area contributed by atoms with E-state index in [0.29, 0.717) is 16.3 Å². The molecule has 0 aliphatic heterocycles. The van der Waals surface area contributed by atoms with Gasteiger partial charge in [0.05, 0.1) is 12.1 Å². The van der Waals surface area contributed by atoms with Crippen LogP contribution < -0.4 is 11.5 Å². The average Bonchev–Trinajstić information content (AvgIpc) is 2.19. The van der Waals surface area contributed by atoms with Crippen LogP contribution in [0.3, 0.4) is 0 Å². The molecule has 1 aromatic rings. The molecule has 0 aliphatic carbocycles. The Morgan fingerprint density at radius 2 is 1.88 bits per heavy atom. The molecule has 3 nitrogen and oxygen atoms in total. The van der Waals surface area contributed by atoms with Gasteiger partial charge in [-0.25, -0.2) is 0 Å². The summed E-state index contributed by atoms with van der Waals surface area (Å²) in [6.07, 6.45) is -0.620. The van der Waals surface area contributed by atoms with Crippen LogP contribution in [0, 0.1) is 5.92 Å². The van der Waals surface area contributed by atoms with Crippen LogP contribution in [-0.2, 0) is 0 Å². The van der Waals surface area contributed by atoms with Crippen molar-refractivity contribution in [2.45, 2.75) is 26.0 Å². The highest BCUT2D eigenvalue weighted by atomic mass is 35.5. The molecule has 0 unspecified atom stereocenters. The number of hydrogen-bond donors (Lipinski definition) is 3. The summed E-state index contributed by atoms with van der Waals surface area (Å²) < 4.78 is 0. The van der Waals surface area contributed by atoms with E-state index >= 15 is 0 Å². The Balaban J connectivity index is 0.00000225. The zero-order chi connectivity index (χ0) is 11.6. The van der Waals surface area contributed by atoms with Crippen LogP contribution in [0.25, 0.3) is 0 Å². The first-order chi connectivity index (χ1) is 6.93. The van der Waals surface area contributed by atoms with Crippen LogP contribution in [0.15, 0.2) is 18.2 Å². The number of nitrogens with two attached hydrogens (primary N) is 2. The lowest BCUT2D eigenvalue weighted by Crippen LogP contribution is -2.31. The topological polar surface area (TPSA) is 72.3 Å². The van der Waals surface area contributed by atoms with E-state index in [4.69, 9.17) is 23.1 Å². The molecule has 5 N–H and O–H groups in total. The minimum absolute atomic E-state index is 0. The molecule has 1 aromatic carbocycles. The van der Waals surface area contributed by atoms with Crippen LogP contribution in [0.5, 0.6) is 0 Å². The highest BCUT2D eigenvalue weighted by molar-refractivity contribution is 6.30. The Hall–Kier alpha value is -0.480. The zero-order valence-electron chi connectivity index (χ0n) is 9.35. The van der Waals surface area contributed by atoms with Gasteiger partial charge in [-0.05, 0) is 29.7 Å². The van der Waals surface area contributed by atoms with Crippen molar-refractivity contribution in [2.24, 2.45) is 11.7 Å². The van der Waals surface area contributed by atoms with Gasteiger partial charge < -0.3 is 16.6 Å². The molecular weight excluding hydrogens is 247 g/mol. The van der Waals surface area contributed by atoms with Gasteiger partial charge in [0.25, 0.3) is 0 Å². The lowest BCUT2D eigenvalue weighted by molar-refractivity contribution is 0.0982. The number of aliphatic hydroxyl groups excluding tert-OH is 1. The zero-order valence-corrected chi connectivity index (χ0v) is 10.9.